The number of benzene rings is 1. The van der Waals surface area contributed by atoms with Crippen LogP contribution in [0.25, 0.3) is 0 Å². The lowest BCUT2D eigenvalue weighted by Gasteiger charge is -2.39. The average molecular weight is 284 g/mol. The van der Waals surface area contributed by atoms with Gasteiger partial charge in [-0.3, -0.25) is 0 Å². The Morgan fingerprint density at radius 1 is 1.50 bits per heavy atom. The number of nitrogens with one attached hydrogen (secondary N) is 1. The van der Waals surface area contributed by atoms with Crippen molar-refractivity contribution in [3.8, 4) is 0 Å². The van der Waals surface area contributed by atoms with Crippen LogP contribution >= 0.6 is 15.9 Å². The van der Waals surface area contributed by atoms with Gasteiger partial charge in [-0.2, -0.15) is 0 Å². The maximum atomic E-state index is 5.25. The van der Waals surface area contributed by atoms with Crippen molar-refractivity contribution in [3.05, 3.63) is 34.3 Å². The minimum Gasteiger partial charge on any atom is -0.380 e. The molecule has 1 atom stereocenters. The lowest BCUT2D eigenvalue weighted by Crippen LogP contribution is -2.47. The molecule has 0 saturated carbocycles. The molecule has 0 aromatic heterocycles. The second kappa shape index (κ2) is 4.86. The number of rotatable bonds is 4. The van der Waals surface area contributed by atoms with E-state index < -0.39 is 0 Å². The molecule has 2 rings (SSSR count). The first-order valence-corrected chi connectivity index (χ1v) is 6.45. The molecule has 1 aliphatic heterocycles. The molecule has 3 heteroatoms. The van der Waals surface area contributed by atoms with Crippen LogP contribution in [0.4, 0.5) is 0 Å². The highest BCUT2D eigenvalue weighted by Crippen LogP contribution is 2.26. The van der Waals surface area contributed by atoms with Crippen LogP contribution in [-0.4, -0.2) is 19.8 Å². The number of hydrogen-bond donors (Lipinski definition) is 1. The highest BCUT2D eigenvalue weighted by Gasteiger charge is 2.33. The van der Waals surface area contributed by atoms with Gasteiger partial charge in [0.05, 0.1) is 13.2 Å². The summed E-state index contributed by atoms with van der Waals surface area (Å²) in [4.78, 5) is 0. The minimum absolute atomic E-state index is 0.334. The third-order valence-corrected chi connectivity index (χ3v) is 3.58. The van der Waals surface area contributed by atoms with Gasteiger partial charge in [-0.05, 0) is 24.6 Å². The van der Waals surface area contributed by atoms with Gasteiger partial charge in [0.15, 0.2) is 0 Å². The molecule has 0 amide bonds. The Morgan fingerprint density at radius 2 is 2.25 bits per heavy atom. The highest BCUT2D eigenvalue weighted by atomic mass is 79.9. The summed E-state index contributed by atoms with van der Waals surface area (Å²) >= 11 is 3.50. The van der Waals surface area contributed by atoms with Crippen LogP contribution in [0.3, 0.4) is 0 Å². The summed E-state index contributed by atoms with van der Waals surface area (Å²) in [5.74, 6) is 0. The predicted octanol–water partition coefficient (Wildman–Crippen LogP) is 3.14. The van der Waals surface area contributed by atoms with Crippen molar-refractivity contribution >= 4 is 15.9 Å². The summed E-state index contributed by atoms with van der Waals surface area (Å²) < 4.78 is 6.38. The molecule has 0 radical (unpaired) electrons. The van der Waals surface area contributed by atoms with Crippen molar-refractivity contribution in [2.45, 2.75) is 19.9 Å². The van der Waals surface area contributed by atoms with E-state index >= 15 is 0 Å². The average Bonchev–Trinajstić information content (AvgIpc) is 2.23. The van der Waals surface area contributed by atoms with Crippen LogP contribution in [0.15, 0.2) is 28.7 Å². The van der Waals surface area contributed by atoms with Crippen molar-refractivity contribution in [1.82, 2.24) is 5.32 Å². The third kappa shape index (κ3) is 2.84. The van der Waals surface area contributed by atoms with E-state index in [0.717, 1.165) is 24.2 Å². The zero-order valence-electron chi connectivity index (χ0n) is 9.79. The second-order valence-electron chi connectivity index (χ2n) is 4.96. The van der Waals surface area contributed by atoms with E-state index in [0.29, 0.717) is 11.5 Å². The van der Waals surface area contributed by atoms with Crippen LogP contribution in [0.5, 0.6) is 0 Å². The Balaban J connectivity index is 1.90. The SMILES string of the molecule is C[C@H](NCC1(C)COC1)c1cccc(Br)c1. The van der Waals surface area contributed by atoms with Crippen molar-refractivity contribution in [3.63, 3.8) is 0 Å². The molecule has 0 spiro atoms. The van der Waals surface area contributed by atoms with Crippen LogP contribution in [0.1, 0.15) is 25.5 Å². The number of halogens is 1. The van der Waals surface area contributed by atoms with Crippen LogP contribution in [0, 0.1) is 5.41 Å². The lowest BCUT2D eigenvalue weighted by atomic mass is 9.88. The zero-order valence-corrected chi connectivity index (χ0v) is 11.4. The van der Waals surface area contributed by atoms with E-state index in [1.807, 2.05) is 0 Å². The van der Waals surface area contributed by atoms with Crippen molar-refractivity contribution < 1.29 is 4.74 Å². The summed E-state index contributed by atoms with van der Waals surface area (Å²) in [6.07, 6.45) is 0. The Morgan fingerprint density at radius 3 is 2.81 bits per heavy atom. The first kappa shape index (κ1) is 12.1. The van der Waals surface area contributed by atoms with E-state index in [-0.39, 0.29) is 0 Å². The van der Waals surface area contributed by atoms with Crippen LogP contribution < -0.4 is 5.32 Å². The van der Waals surface area contributed by atoms with E-state index in [2.05, 4.69) is 59.4 Å². The third-order valence-electron chi connectivity index (χ3n) is 3.08. The molecule has 1 fully saturated rings. The molecule has 88 valence electrons. The second-order valence-corrected chi connectivity index (χ2v) is 5.88. The Hall–Kier alpha value is -0.380. The summed E-state index contributed by atoms with van der Waals surface area (Å²) in [5, 5.41) is 3.57. The maximum Gasteiger partial charge on any atom is 0.0554 e. The molecule has 1 aromatic carbocycles. The number of ether oxygens (including phenoxy) is 1. The molecule has 2 nitrogen and oxygen atoms in total. The van der Waals surface area contributed by atoms with Gasteiger partial charge in [0.25, 0.3) is 0 Å². The van der Waals surface area contributed by atoms with Gasteiger partial charge in [-0.25, -0.2) is 0 Å². The van der Waals surface area contributed by atoms with Crippen molar-refractivity contribution in [1.29, 1.82) is 0 Å². The molecule has 1 N–H and O–H groups in total. The molecule has 0 unspecified atom stereocenters. The summed E-state index contributed by atoms with van der Waals surface area (Å²) in [6, 6.07) is 8.83. The van der Waals surface area contributed by atoms with Crippen LogP contribution in [0.2, 0.25) is 0 Å². The molecule has 1 saturated heterocycles. The van der Waals surface area contributed by atoms with E-state index in [1.165, 1.54) is 5.56 Å². The van der Waals surface area contributed by atoms with Gasteiger partial charge < -0.3 is 10.1 Å². The fraction of sp³-hybridized carbons (Fsp3) is 0.538. The standard InChI is InChI=1S/C13H18BrNO/c1-10(11-4-3-5-12(14)6-11)15-7-13(2)8-16-9-13/h3-6,10,15H,7-9H2,1-2H3/t10-/m0/s1. The predicted molar refractivity (Wildman–Crippen MR) is 69.5 cm³/mol. The van der Waals surface area contributed by atoms with Crippen molar-refractivity contribution in [2.24, 2.45) is 5.41 Å². The maximum absolute atomic E-state index is 5.25. The fourth-order valence-electron chi connectivity index (χ4n) is 1.85. The monoisotopic (exact) mass is 283 g/mol. The zero-order chi connectivity index (χ0) is 11.6. The van der Waals surface area contributed by atoms with Gasteiger partial charge >= 0.3 is 0 Å². The summed E-state index contributed by atoms with van der Waals surface area (Å²) in [5.41, 5.74) is 1.65. The molecule has 16 heavy (non-hydrogen) atoms. The van der Waals surface area contributed by atoms with Gasteiger partial charge in [0.2, 0.25) is 0 Å². The molecule has 1 aromatic rings. The molecular formula is C13H18BrNO. The van der Waals surface area contributed by atoms with E-state index in [9.17, 15) is 0 Å². The first-order chi connectivity index (χ1) is 7.59. The Bertz CT molecular complexity index is 363. The number of hydrogen-bond acceptors (Lipinski definition) is 2. The molecular weight excluding hydrogens is 266 g/mol. The summed E-state index contributed by atoms with van der Waals surface area (Å²) in [7, 11) is 0. The Kier molecular flexibility index (Phi) is 3.67. The van der Waals surface area contributed by atoms with E-state index in [1.54, 1.807) is 0 Å². The van der Waals surface area contributed by atoms with Gasteiger partial charge in [-0.1, -0.05) is 35.0 Å². The fourth-order valence-corrected chi connectivity index (χ4v) is 2.26. The van der Waals surface area contributed by atoms with Crippen molar-refractivity contribution in [2.75, 3.05) is 19.8 Å². The Labute approximate surface area is 106 Å². The lowest BCUT2D eigenvalue weighted by molar-refractivity contribution is -0.0999. The van der Waals surface area contributed by atoms with Gasteiger partial charge in [0, 0.05) is 22.5 Å². The topological polar surface area (TPSA) is 21.3 Å². The quantitative estimate of drug-likeness (QED) is 0.917. The largest absolute Gasteiger partial charge is 0.380 e. The molecule has 1 aliphatic rings. The molecule has 0 bridgehead atoms. The minimum atomic E-state index is 0.334. The molecule has 0 aliphatic carbocycles. The van der Waals surface area contributed by atoms with E-state index in [4.69, 9.17) is 4.74 Å². The smallest absolute Gasteiger partial charge is 0.0554 e. The highest BCUT2D eigenvalue weighted by molar-refractivity contribution is 9.10. The van der Waals surface area contributed by atoms with Crippen LogP contribution in [-0.2, 0) is 4.74 Å². The molecule has 1 heterocycles. The summed E-state index contributed by atoms with van der Waals surface area (Å²) in [6.45, 7) is 7.23. The van der Waals surface area contributed by atoms with Gasteiger partial charge in [-0.15, -0.1) is 0 Å². The van der Waals surface area contributed by atoms with Gasteiger partial charge in [0.1, 0.15) is 0 Å². The first-order valence-electron chi connectivity index (χ1n) is 5.66. The normalized spacial score (nSPS) is 20.2.